The molecule has 0 saturated heterocycles. The number of nitrogens with zero attached hydrogens (tertiary/aromatic N) is 4. The zero-order valence-electron chi connectivity index (χ0n) is 10.4. The highest BCUT2D eigenvalue weighted by molar-refractivity contribution is 5.85. The van der Waals surface area contributed by atoms with Crippen molar-refractivity contribution in [2.75, 3.05) is 12.0 Å². The number of rotatable bonds is 5. The molecule has 0 atom stereocenters. The third kappa shape index (κ3) is 3.22. The van der Waals surface area contributed by atoms with Gasteiger partial charge in [0.2, 0.25) is 0 Å². The van der Waals surface area contributed by atoms with Gasteiger partial charge in [-0.3, -0.25) is 9.36 Å². The van der Waals surface area contributed by atoms with Crippen LogP contribution in [0.1, 0.15) is 11.3 Å². The van der Waals surface area contributed by atoms with Crippen molar-refractivity contribution in [3.05, 3.63) is 29.8 Å². The van der Waals surface area contributed by atoms with E-state index in [9.17, 15) is 4.39 Å². The van der Waals surface area contributed by atoms with Gasteiger partial charge in [0.15, 0.2) is 0 Å². The first-order valence-corrected chi connectivity index (χ1v) is 5.50. The standard InChI is InChI=1S/C11H16FN5.ClH/c1-9-10(6-14-16(9)2)5-13-11-7-15-17(8-11)4-3-12;/h6-8,13H,3-5H2,1-2H3;1H. The summed E-state index contributed by atoms with van der Waals surface area (Å²) >= 11 is 0. The van der Waals surface area contributed by atoms with Crippen molar-refractivity contribution < 1.29 is 4.39 Å². The van der Waals surface area contributed by atoms with E-state index in [4.69, 9.17) is 0 Å². The van der Waals surface area contributed by atoms with Gasteiger partial charge in [0.25, 0.3) is 0 Å². The maximum Gasteiger partial charge on any atom is 0.109 e. The fourth-order valence-corrected chi connectivity index (χ4v) is 1.58. The third-order valence-electron chi connectivity index (χ3n) is 2.77. The van der Waals surface area contributed by atoms with Gasteiger partial charge in [0.05, 0.1) is 24.6 Å². The Morgan fingerprint density at radius 3 is 2.72 bits per heavy atom. The van der Waals surface area contributed by atoms with Crippen LogP contribution >= 0.6 is 12.4 Å². The second kappa shape index (κ2) is 6.39. The highest BCUT2D eigenvalue weighted by Crippen LogP contribution is 2.10. The number of hydrogen-bond acceptors (Lipinski definition) is 3. The predicted molar refractivity (Wildman–Crippen MR) is 70.7 cm³/mol. The summed E-state index contributed by atoms with van der Waals surface area (Å²) in [6.45, 7) is 2.62. The molecule has 0 aromatic carbocycles. The van der Waals surface area contributed by atoms with Crippen LogP contribution in [0.5, 0.6) is 0 Å². The number of nitrogens with one attached hydrogen (secondary N) is 1. The second-order valence-electron chi connectivity index (χ2n) is 3.91. The monoisotopic (exact) mass is 273 g/mol. The van der Waals surface area contributed by atoms with Gasteiger partial charge in [0.1, 0.15) is 6.67 Å². The van der Waals surface area contributed by atoms with Gasteiger partial charge in [-0.15, -0.1) is 12.4 Å². The van der Waals surface area contributed by atoms with Gasteiger partial charge in [-0.1, -0.05) is 0 Å². The molecule has 0 unspecified atom stereocenters. The minimum Gasteiger partial charge on any atom is -0.378 e. The van der Waals surface area contributed by atoms with Crippen LogP contribution in [0, 0.1) is 6.92 Å². The molecule has 2 aromatic heterocycles. The molecule has 0 fully saturated rings. The van der Waals surface area contributed by atoms with Gasteiger partial charge in [-0.25, -0.2) is 4.39 Å². The first kappa shape index (κ1) is 14.5. The molecule has 18 heavy (non-hydrogen) atoms. The molecule has 0 bridgehead atoms. The molecule has 0 amide bonds. The summed E-state index contributed by atoms with van der Waals surface area (Å²) in [6.07, 6.45) is 5.33. The Kier molecular flexibility index (Phi) is 5.15. The predicted octanol–water partition coefficient (Wildman–Crippen LogP) is 1.93. The van der Waals surface area contributed by atoms with Crippen molar-refractivity contribution in [2.45, 2.75) is 20.0 Å². The van der Waals surface area contributed by atoms with E-state index in [1.54, 1.807) is 17.1 Å². The first-order valence-electron chi connectivity index (χ1n) is 5.50. The number of halogens is 2. The lowest BCUT2D eigenvalue weighted by Crippen LogP contribution is -2.01. The Morgan fingerprint density at radius 2 is 2.11 bits per heavy atom. The summed E-state index contributed by atoms with van der Waals surface area (Å²) in [5, 5.41) is 11.4. The van der Waals surface area contributed by atoms with Crippen molar-refractivity contribution in [1.29, 1.82) is 0 Å². The SMILES string of the molecule is Cc1c(CNc2cnn(CCF)c2)cnn1C.Cl. The van der Waals surface area contributed by atoms with Crippen molar-refractivity contribution >= 4 is 18.1 Å². The number of alkyl halides is 1. The van der Waals surface area contributed by atoms with E-state index in [1.807, 2.05) is 24.9 Å². The van der Waals surface area contributed by atoms with Crippen LogP contribution in [-0.4, -0.2) is 26.2 Å². The van der Waals surface area contributed by atoms with E-state index < -0.39 is 6.67 Å². The normalized spacial score (nSPS) is 10.2. The lowest BCUT2D eigenvalue weighted by Gasteiger charge is -2.02. The minimum atomic E-state index is -0.400. The van der Waals surface area contributed by atoms with E-state index in [0.717, 1.165) is 16.9 Å². The summed E-state index contributed by atoms with van der Waals surface area (Å²) in [6, 6.07) is 0. The lowest BCUT2D eigenvalue weighted by atomic mass is 10.2. The molecule has 0 saturated carbocycles. The molecule has 0 radical (unpaired) electrons. The number of anilines is 1. The highest BCUT2D eigenvalue weighted by Gasteiger charge is 2.04. The van der Waals surface area contributed by atoms with Crippen LogP contribution in [0.2, 0.25) is 0 Å². The summed E-state index contributed by atoms with van der Waals surface area (Å²) in [4.78, 5) is 0. The van der Waals surface area contributed by atoms with Crippen LogP contribution in [0.4, 0.5) is 10.1 Å². The van der Waals surface area contributed by atoms with Gasteiger partial charge >= 0.3 is 0 Å². The zero-order chi connectivity index (χ0) is 12.3. The summed E-state index contributed by atoms with van der Waals surface area (Å²) in [5.74, 6) is 0. The van der Waals surface area contributed by atoms with E-state index in [0.29, 0.717) is 13.1 Å². The lowest BCUT2D eigenvalue weighted by molar-refractivity contribution is 0.427. The fraction of sp³-hybridized carbons (Fsp3) is 0.455. The molecular weight excluding hydrogens is 257 g/mol. The van der Waals surface area contributed by atoms with Gasteiger partial charge < -0.3 is 5.32 Å². The van der Waals surface area contributed by atoms with Gasteiger partial charge in [0, 0.05) is 31.0 Å². The topological polar surface area (TPSA) is 47.7 Å². The molecule has 2 heterocycles. The van der Waals surface area contributed by atoms with E-state index in [-0.39, 0.29) is 12.4 Å². The molecule has 0 aliphatic carbocycles. The molecule has 5 nitrogen and oxygen atoms in total. The molecule has 2 rings (SSSR count). The van der Waals surface area contributed by atoms with Crippen molar-refractivity contribution in [2.24, 2.45) is 7.05 Å². The molecule has 100 valence electrons. The quantitative estimate of drug-likeness (QED) is 0.906. The number of hydrogen-bond donors (Lipinski definition) is 1. The molecule has 0 aliphatic rings. The minimum absolute atomic E-state index is 0. The molecular formula is C11H17ClFN5. The zero-order valence-corrected chi connectivity index (χ0v) is 11.2. The Balaban J connectivity index is 0.00000162. The van der Waals surface area contributed by atoms with Crippen molar-refractivity contribution in [3.8, 4) is 0 Å². The smallest absolute Gasteiger partial charge is 0.109 e. The van der Waals surface area contributed by atoms with Crippen LogP contribution in [0.3, 0.4) is 0 Å². The third-order valence-corrected chi connectivity index (χ3v) is 2.77. The summed E-state index contributed by atoms with van der Waals surface area (Å²) in [5.41, 5.74) is 3.17. The van der Waals surface area contributed by atoms with Crippen LogP contribution in [0.15, 0.2) is 18.6 Å². The highest BCUT2D eigenvalue weighted by atomic mass is 35.5. The van der Waals surface area contributed by atoms with Crippen molar-refractivity contribution in [1.82, 2.24) is 19.6 Å². The Morgan fingerprint density at radius 1 is 1.33 bits per heavy atom. The summed E-state index contributed by atoms with van der Waals surface area (Å²) in [7, 11) is 1.91. The largest absolute Gasteiger partial charge is 0.378 e. The Bertz CT molecular complexity index is 493. The fourth-order valence-electron chi connectivity index (χ4n) is 1.58. The maximum absolute atomic E-state index is 12.1. The molecule has 0 spiro atoms. The Labute approximate surface area is 111 Å². The Hall–Kier alpha value is -1.56. The van der Waals surface area contributed by atoms with E-state index in [1.165, 1.54) is 0 Å². The van der Waals surface area contributed by atoms with E-state index in [2.05, 4.69) is 15.5 Å². The molecule has 1 N–H and O–H groups in total. The van der Waals surface area contributed by atoms with Crippen LogP contribution in [0.25, 0.3) is 0 Å². The first-order chi connectivity index (χ1) is 8.20. The molecule has 2 aromatic rings. The average Bonchev–Trinajstić information content (AvgIpc) is 2.87. The average molecular weight is 274 g/mol. The number of aromatic nitrogens is 4. The van der Waals surface area contributed by atoms with Gasteiger partial charge in [-0.05, 0) is 6.92 Å². The number of aryl methyl sites for hydroxylation is 2. The second-order valence-corrected chi connectivity index (χ2v) is 3.91. The summed E-state index contributed by atoms with van der Waals surface area (Å²) < 4.78 is 15.5. The molecule has 7 heteroatoms. The van der Waals surface area contributed by atoms with E-state index >= 15 is 0 Å². The van der Waals surface area contributed by atoms with Crippen LogP contribution < -0.4 is 5.32 Å². The van der Waals surface area contributed by atoms with Gasteiger partial charge in [-0.2, -0.15) is 10.2 Å². The molecule has 0 aliphatic heterocycles. The van der Waals surface area contributed by atoms with Crippen LogP contribution in [-0.2, 0) is 20.1 Å². The van der Waals surface area contributed by atoms with Crippen molar-refractivity contribution in [3.63, 3.8) is 0 Å². The maximum atomic E-state index is 12.1.